The monoisotopic (exact) mass is 219 g/mol. The van der Waals surface area contributed by atoms with Crippen molar-refractivity contribution in [3.8, 4) is 0 Å². The molecule has 82 valence electrons. The molecule has 1 fully saturated rings. The van der Waals surface area contributed by atoms with E-state index in [9.17, 15) is 4.79 Å². The first-order valence-corrected chi connectivity index (χ1v) is 5.67. The van der Waals surface area contributed by atoms with E-state index in [1.54, 1.807) is 0 Å². The third-order valence-electron chi connectivity index (χ3n) is 2.40. The summed E-state index contributed by atoms with van der Waals surface area (Å²) in [6.07, 6.45) is 2.84. The van der Waals surface area contributed by atoms with Gasteiger partial charge in [0.1, 0.15) is 0 Å². The zero-order valence-corrected chi connectivity index (χ0v) is 9.35. The van der Waals surface area contributed by atoms with Crippen molar-refractivity contribution in [3.05, 3.63) is 0 Å². The van der Waals surface area contributed by atoms with Gasteiger partial charge in [-0.3, -0.25) is 4.79 Å². The molecule has 0 aromatic rings. The second kappa shape index (κ2) is 6.25. The van der Waals surface area contributed by atoms with Crippen molar-refractivity contribution in [2.75, 3.05) is 19.8 Å². The molecule has 1 saturated heterocycles. The molecular weight excluding hydrogens is 202 g/mol. The average Bonchev–Trinajstić information content (AvgIpc) is 2.67. The van der Waals surface area contributed by atoms with Gasteiger partial charge in [-0.2, -0.15) is 0 Å². The fraction of sp³-hybridized carbons (Fsp3) is 0.900. The summed E-state index contributed by atoms with van der Waals surface area (Å²) < 4.78 is 5.14. The zero-order valence-electron chi connectivity index (χ0n) is 8.59. The van der Waals surface area contributed by atoms with E-state index in [1.165, 1.54) is 0 Å². The van der Waals surface area contributed by atoms with Gasteiger partial charge < -0.3 is 10.1 Å². The molecule has 3 nitrogen and oxygen atoms in total. The van der Waals surface area contributed by atoms with E-state index in [2.05, 4.69) is 12.2 Å². The first-order valence-electron chi connectivity index (χ1n) is 5.23. The van der Waals surface area contributed by atoms with E-state index >= 15 is 0 Å². The minimum absolute atomic E-state index is 0.0421. The highest BCUT2D eigenvalue weighted by Crippen LogP contribution is 2.12. The van der Waals surface area contributed by atoms with Gasteiger partial charge in [0.15, 0.2) is 0 Å². The second-order valence-corrected chi connectivity index (χ2v) is 4.31. The van der Waals surface area contributed by atoms with Crippen LogP contribution in [-0.2, 0) is 9.53 Å². The molecule has 14 heavy (non-hydrogen) atoms. The van der Waals surface area contributed by atoms with Crippen molar-refractivity contribution in [1.29, 1.82) is 0 Å². The first kappa shape index (κ1) is 11.8. The molecule has 2 atom stereocenters. The van der Waals surface area contributed by atoms with Crippen LogP contribution in [0.4, 0.5) is 0 Å². The number of ether oxygens (including phenoxy) is 1. The van der Waals surface area contributed by atoms with Crippen LogP contribution in [0.2, 0.25) is 0 Å². The maximum Gasteiger partial charge on any atom is 0.225 e. The largest absolute Gasteiger partial charge is 0.381 e. The lowest BCUT2D eigenvalue weighted by atomic mass is 10.1. The van der Waals surface area contributed by atoms with Crippen molar-refractivity contribution in [2.24, 2.45) is 5.92 Å². The van der Waals surface area contributed by atoms with Gasteiger partial charge in [-0.15, -0.1) is 11.6 Å². The van der Waals surface area contributed by atoms with E-state index in [1.807, 2.05) is 0 Å². The van der Waals surface area contributed by atoms with Crippen molar-refractivity contribution < 1.29 is 9.53 Å². The Bertz CT molecular complexity index is 181. The molecule has 0 saturated carbocycles. The Morgan fingerprint density at radius 3 is 3.07 bits per heavy atom. The van der Waals surface area contributed by atoms with Gasteiger partial charge in [0, 0.05) is 13.2 Å². The van der Waals surface area contributed by atoms with Crippen LogP contribution in [0.5, 0.6) is 0 Å². The summed E-state index contributed by atoms with van der Waals surface area (Å²) in [5.74, 6) is 0.129. The summed E-state index contributed by atoms with van der Waals surface area (Å²) in [4.78, 5) is 11.5. The number of halogens is 1. The topological polar surface area (TPSA) is 38.3 Å². The van der Waals surface area contributed by atoms with E-state index in [4.69, 9.17) is 16.3 Å². The molecule has 0 aromatic carbocycles. The SMILES string of the molecule is CCCC(Cl)CNC(=O)C1CCOC1. The van der Waals surface area contributed by atoms with Crippen molar-refractivity contribution in [3.63, 3.8) is 0 Å². The summed E-state index contributed by atoms with van der Waals surface area (Å²) in [6, 6.07) is 0. The van der Waals surface area contributed by atoms with Crippen LogP contribution < -0.4 is 5.32 Å². The molecule has 0 aliphatic carbocycles. The van der Waals surface area contributed by atoms with E-state index in [0.29, 0.717) is 19.8 Å². The highest BCUT2D eigenvalue weighted by molar-refractivity contribution is 6.20. The number of hydrogen-bond acceptors (Lipinski definition) is 2. The Balaban J connectivity index is 2.13. The van der Waals surface area contributed by atoms with Gasteiger partial charge in [-0.25, -0.2) is 0 Å². The predicted octanol–water partition coefficient (Wildman–Crippen LogP) is 1.55. The van der Waals surface area contributed by atoms with Gasteiger partial charge in [0.2, 0.25) is 5.91 Å². The van der Waals surface area contributed by atoms with Gasteiger partial charge >= 0.3 is 0 Å². The van der Waals surface area contributed by atoms with E-state index < -0.39 is 0 Å². The smallest absolute Gasteiger partial charge is 0.225 e. The van der Waals surface area contributed by atoms with Crippen molar-refractivity contribution in [2.45, 2.75) is 31.6 Å². The highest BCUT2D eigenvalue weighted by atomic mass is 35.5. The summed E-state index contributed by atoms with van der Waals surface area (Å²) in [7, 11) is 0. The molecule has 1 heterocycles. The maximum atomic E-state index is 11.5. The molecule has 0 aromatic heterocycles. The van der Waals surface area contributed by atoms with Crippen LogP contribution in [0.25, 0.3) is 0 Å². The minimum Gasteiger partial charge on any atom is -0.381 e. The Hall–Kier alpha value is -0.280. The average molecular weight is 220 g/mol. The predicted molar refractivity (Wildman–Crippen MR) is 56.5 cm³/mol. The lowest BCUT2D eigenvalue weighted by Crippen LogP contribution is -2.35. The Morgan fingerprint density at radius 1 is 1.71 bits per heavy atom. The fourth-order valence-corrected chi connectivity index (χ4v) is 1.81. The summed E-state index contributed by atoms with van der Waals surface area (Å²) in [5, 5.41) is 2.92. The summed E-state index contributed by atoms with van der Waals surface area (Å²) in [5.41, 5.74) is 0. The molecule has 1 amide bonds. The number of alkyl halides is 1. The van der Waals surface area contributed by atoms with Crippen LogP contribution in [0.15, 0.2) is 0 Å². The van der Waals surface area contributed by atoms with Gasteiger partial charge in [-0.1, -0.05) is 13.3 Å². The van der Waals surface area contributed by atoms with Crippen LogP contribution in [0.1, 0.15) is 26.2 Å². The maximum absolute atomic E-state index is 11.5. The van der Waals surface area contributed by atoms with Crippen molar-refractivity contribution >= 4 is 17.5 Å². The third-order valence-corrected chi connectivity index (χ3v) is 2.77. The van der Waals surface area contributed by atoms with Gasteiger partial charge in [0.25, 0.3) is 0 Å². The van der Waals surface area contributed by atoms with Crippen LogP contribution in [0, 0.1) is 5.92 Å². The summed E-state index contributed by atoms with van der Waals surface area (Å²) >= 11 is 5.99. The zero-order chi connectivity index (χ0) is 10.4. The quantitative estimate of drug-likeness (QED) is 0.713. The molecule has 0 radical (unpaired) electrons. The molecule has 1 rings (SSSR count). The van der Waals surface area contributed by atoms with Crippen LogP contribution in [-0.4, -0.2) is 31.0 Å². The van der Waals surface area contributed by atoms with E-state index in [-0.39, 0.29) is 17.2 Å². The number of rotatable bonds is 5. The van der Waals surface area contributed by atoms with Crippen LogP contribution >= 0.6 is 11.6 Å². The molecule has 0 spiro atoms. The Morgan fingerprint density at radius 2 is 2.50 bits per heavy atom. The molecule has 4 heteroatoms. The van der Waals surface area contributed by atoms with Gasteiger partial charge in [-0.05, 0) is 12.8 Å². The van der Waals surface area contributed by atoms with E-state index in [0.717, 1.165) is 19.3 Å². The third kappa shape index (κ3) is 3.84. The van der Waals surface area contributed by atoms with Gasteiger partial charge in [0.05, 0.1) is 17.9 Å². The summed E-state index contributed by atoms with van der Waals surface area (Å²) in [6.45, 7) is 3.93. The number of nitrogens with one attached hydrogen (secondary N) is 1. The van der Waals surface area contributed by atoms with Crippen LogP contribution in [0.3, 0.4) is 0 Å². The second-order valence-electron chi connectivity index (χ2n) is 3.69. The molecule has 0 bridgehead atoms. The lowest BCUT2D eigenvalue weighted by Gasteiger charge is -2.12. The number of carbonyl (C=O) groups is 1. The Kier molecular flexibility index (Phi) is 5.26. The molecule has 1 N–H and O–H groups in total. The molecular formula is C10H18ClNO2. The first-order chi connectivity index (χ1) is 6.74. The fourth-order valence-electron chi connectivity index (χ4n) is 1.51. The molecule has 1 aliphatic rings. The minimum atomic E-state index is 0.0421. The Labute approximate surface area is 90.1 Å². The molecule has 1 aliphatic heterocycles. The number of hydrogen-bond donors (Lipinski definition) is 1. The van der Waals surface area contributed by atoms with Crippen molar-refractivity contribution in [1.82, 2.24) is 5.32 Å². The lowest BCUT2D eigenvalue weighted by molar-refractivity contribution is -0.124. The molecule has 2 unspecified atom stereocenters. The highest BCUT2D eigenvalue weighted by Gasteiger charge is 2.23. The standard InChI is InChI=1S/C10H18ClNO2/c1-2-3-9(11)6-12-10(13)8-4-5-14-7-8/h8-9H,2-7H2,1H3,(H,12,13). The number of amides is 1. The normalized spacial score (nSPS) is 23.4. The number of carbonyl (C=O) groups excluding carboxylic acids is 1.